The van der Waals surface area contributed by atoms with Crippen molar-refractivity contribution < 1.29 is 0 Å². The van der Waals surface area contributed by atoms with E-state index in [1.165, 1.54) is 37.3 Å². The van der Waals surface area contributed by atoms with Gasteiger partial charge in [0.05, 0.1) is 0 Å². The molecule has 106 valence electrons. The van der Waals surface area contributed by atoms with Crippen molar-refractivity contribution in [1.29, 1.82) is 0 Å². The summed E-state index contributed by atoms with van der Waals surface area (Å²) in [4.78, 5) is 4.59. The number of hydrogen-bond donors (Lipinski definition) is 1. The lowest BCUT2D eigenvalue weighted by molar-refractivity contribution is 0.197. The third kappa shape index (κ3) is 3.87. The summed E-state index contributed by atoms with van der Waals surface area (Å²) in [6.45, 7) is 4.77. The number of nitrogens with one attached hydrogen (secondary N) is 1. The first kappa shape index (κ1) is 14.2. The minimum atomic E-state index is 0.528. The van der Waals surface area contributed by atoms with Crippen LogP contribution in [0, 0.1) is 5.92 Å². The van der Waals surface area contributed by atoms with E-state index in [1.54, 1.807) is 0 Å². The third-order valence-corrected chi connectivity index (χ3v) is 4.12. The molecule has 0 aromatic heterocycles. The molecule has 0 aliphatic carbocycles. The van der Waals surface area contributed by atoms with Gasteiger partial charge in [-0.1, -0.05) is 6.07 Å². The van der Waals surface area contributed by atoms with Crippen LogP contribution >= 0.6 is 0 Å². The van der Waals surface area contributed by atoms with Gasteiger partial charge in [0, 0.05) is 38.1 Å². The van der Waals surface area contributed by atoms with Crippen LogP contribution in [0.3, 0.4) is 0 Å². The highest BCUT2D eigenvalue weighted by molar-refractivity contribution is 5.57. The summed E-state index contributed by atoms with van der Waals surface area (Å²) in [5, 5.41) is 3.67. The molecule has 0 bridgehead atoms. The molecule has 2 rings (SSSR count). The molecule has 1 aliphatic rings. The van der Waals surface area contributed by atoms with Crippen LogP contribution in [-0.4, -0.2) is 45.2 Å². The van der Waals surface area contributed by atoms with Crippen molar-refractivity contribution in [2.45, 2.75) is 25.8 Å². The topological polar surface area (TPSA) is 18.5 Å². The van der Waals surface area contributed by atoms with Crippen LogP contribution in [0.25, 0.3) is 0 Å². The predicted molar refractivity (Wildman–Crippen MR) is 84.1 cm³/mol. The second-order valence-corrected chi connectivity index (χ2v) is 6.04. The largest absolute Gasteiger partial charge is 0.382 e. The van der Waals surface area contributed by atoms with E-state index in [0.717, 1.165) is 5.92 Å². The number of rotatable bonds is 4. The van der Waals surface area contributed by atoms with Gasteiger partial charge >= 0.3 is 0 Å². The van der Waals surface area contributed by atoms with Gasteiger partial charge < -0.3 is 15.1 Å². The molecule has 1 aliphatic heterocycles. The molecule has 1 fully saturated rings. The first-order chi connectivity index (χ1) is 9.06. The van der Waals surface area contributed by atoms with Crippen LogP contribution in [0.4, 0.5) is 11.4 Å². The van der Waals surface area contributed by atoms with Gasteiger partial charge in [-0.2, -0.15) is 0 Å². The number of nitrogens with zero attached hydrogens (tertiary/aromatic N) is 2. The van der Waals surface area contributed by atoms with Crippen molar-refractivity contribution in [2.24, 2.45) is 5.92 Å². The normalized spacial score (nSPS) is 22.0. The summed E-state index contributed by atoms with van der Waals surface area (Å²) >= 11 is 0. The Balaban J connectivity index is 1.98. The van der Waals surface area contributed by atoms with Crippen LogP contribution in [0.1, 0.15) is 19.8 Å². The molecule has 0 spiro atoms. The van der Waals surface area contributed by atoms with Crippen molar-refractivity contribution in [3.8, 4) is 0 Å². The van der Waals surface area contributed by atoms with E-state index in [2.05, 4.69) is 67.4 Å². The van der Waals surface area contributed by atoms with Gasteiger partial charge in [0.25, 0.3) is 0 Å². The Labute approximate surface area is 117 Å². The zero-order valence-corrected chi connectivity index (χ0v) is 12.7. The lowest BCUT2D eigenvalue weighted by atomic mass is 9.92. The lowest BCUT2D eigenvalue weighted by Gasteiger charge is -2.34. The first-order valence-corrected chi connectivity index (χ1v) is 7.28. The van der Waals surface area contributed by atoms with E-state index in [4.69, 9.17) is 0 Å². The van der Waals surface area contributed by atoms with E-state index in [-0.39, 0.29) is 0 Å². The smallest absolute Gasteiger partial charge is 0.0381 e. The molecular weight excluding hydrogens is 234 g/mol. The van der Waals surface area contributed by atoms with Crippen LogP contribution < -0.4 is 10.2 Å². The average molecular weight is 261 g/mol. The van der Waals surface area contributed by atoms with E-state index < -0.39 is 0 Å². The molecule has 3 nitrogen and oxygen atoms in total. The summed E-state index contributed by atoms with van der Waals surface area (Å²) in [5.41, 5.74) is 2.48. The molecule has 0 radical (unpaired) electrons. The SMILES string of the molecule is CC(Nc1cccc(N(C)C)c1)C1CCCN(C)C1. The molecule has 0 saturated carbocycles. The molecule has 1 heterocycles. The number of piperidine rings is 1. The molecule has 1 N–H and O–H groups in total. The molecule has 1 saturated heterocycles. The first-order valence-electron chi connectivity index (χ1n) is 7.28. The number of hydrogen-bond acceptors (Lipinski definition) is 3. The van der Waals surface area contributed by atoms with Gasteiger partial charge in [-0.25, -0.2) is 0 Å². The van der Waals surface area contributed by atoms with Gasteiger partial charge in [0.2, 0.25) is 0 Å². The average Bonchev–Trinajstić information content (AvgIpc) is 2.39. The molecule has 19 heavy (non-hydrogen) atoms. The monoisotopic (exact) mass is 261 g/mol. The van der Waals surface area contributed by atoms with Crippen LogP contribution in [-0.2, 0) is 0 Å². The van der Waals surface area contributed by atoms with Gasteiger partial charge in [-0.3, -0.25) is 0 Å². The Kier molecular flexibility index (Phi) is 4.70. The molecule has 2 atom stereocenters. The van der Waals surface area contributed by atoms with E-state index >= 15 is 0 Å². The number of anilines is 2. The van der Waals surface area contributed by atoms with E-state index in [0.29, 0.717) is 6.04 Å². The Morgan fingerprint density at radius 2 is 2.16 bits per heavy atom. The quantitative estimate of drug-likeness (QED) is 0.899. The Morgan fingerprint density at radius 3 is 2.84 bits per heavy atom. The minimum Gasteiger partial charge on any atom is -0.382 e. The zero-order chi connectivity index (χ0) is 13.8. The molecule has 3 heteroatoms. The molecule has 1 aromatic rings. The summed E-state index contributed by atoms with van der Waals surface area (Å²) in [6.07, 6.45) is 2.66. The van der Waals surface area contributed by atoms with Crippen LogP contribution in [0.5, 0.6) is 0 Å². The van der Waals surface area contributed by atoms with Crippen molar-refractivity contribution >= 4 is 11.4 Å². The van der Waals surface area contributed by atoms with Crippen LogP contribution in [0.2, 0.25) is 0 Å². The highest BCUT2D eigenvalue weighted by Gasteiger charge is 2.22. The van der Waals surface area contributed by atoms with Crippen molar-refractivity contribution in [3.05, 3.63) is 24.3 Å². The maximum absolute atomic E-state index is 3.67. The second-order valence-electron chi connectivity index (χ2n) is 6.04. The van der Waals surface area contributed by atoms with E-state index in [9.17, 15) is 0 Å². The Morgan fingerprint density at radius 1 is 1.37 bits per heavy atom. The molecule has 0 amide bonds. The fraction of sp³-hybridized carbons (Fsp3) is 0.625. The van der Waals surface area contributed by atoms with Crippen molar-refractivity contribution in [1.82, 2.24) is 4.90 Å². The summed E-state index contributed by atoms with van der Waals surface area (Å²) in [7, 11) is 6.39. The summed E-state index contributed by atoms with van der Waals surface area (Å²) < 4.78 is 0. The third-order valence-electron chi connectivity index (χ3n) is 4.12. The lowest BCUT2D eigenvalue weighted by Crippen LogP contribution is -2.39. The Bertz CT molecular complexity index is 403. The van der Waals surface area contributed by atoms with Gasteiger partial charge in [-0.15, -0.1) is 0 Å². The fourth-order valence-corrected chi connectivity index (χ4v) is 2.87. The van der Waals surface area contributed by atoms with Crippen molar-refractivity contribution in [3.63, 3.8) is 0 Å². The molecule has 2 unspecified atom stereocenters. The Hall–Kier alpha value is -1.22. The highest BCUT2D eigenvalue weighted by atomic mass is 15.1. The summed E-state index contributed by atoms with van der Waals surface area (Å²) in [6, 6.07) is 9.18. The van der Waals surface area contributed by atoms with Crippen molar-refractivity contribution in [2.75, 3.05) is 44.4 Å². The van der Waals surface area contributed by atoms with Gasteiger partial charge in [0.1, 0.15) is 0 Å². The number of likely N-dealkylation sites (tertiary alicyclic amines) is 1. The summed E-state index contributed by atoms with van der Waals surface area (Å²) in [5.74, 6) is 0.752. The van der Waals surface area contributed by atoms with Crippen LogP contribution in [0.15, 0.2) is 24.3 Å². The predicted octanol–water partition coefficient (Wildman–Crippen LogP) is 2.89. The standard InChI is InChI=1S/C16H27N3/c1-13(14-7-6-10-19(4)12-14)17-15-8-5-9-16(11-15)18(2)3/h5,8-9,11,13-14,17H,6-7,10,12H2,1-4H3. The van der Waals surface area contributed by atoms with Gasteiger partial charge in [-0.05, 0) is 57.5 Å². The molecular formula is C16H27N3. The minimum absolute atomic E-state index is 0.528. The fourth-order valence-electron chi connectivity index (χ4n) is 2.87. The number of benzene rings is 1. The maximum atomic E-state index is 3.67. The highest BCUT2D eigenvalue weighted by Crippen LogP contribution is 2.23. The zero-order valence-electron chi connectivity index (χ0n) is 12.7. The molecule has 1 aromatic carbocycles. The maximum Gasteiger partial charge on any atom is 0.0381 e. The van der Waals surface area contributed by atoms with Gasteiger partial charge in [0.15, 0.2) is 0 Å². The van der Waals surface area contributed by atoms with E-state index in [1.807, 2.05) is 0 Å². The second kappa shape index (κ2) is 6.29.